The number of aliphatic imine (C=N–C) groups is 1. The Kier molecular flexibility index (Phi) is 8.36. The van der Waals surface area contributed by atoms with E-state index in [1.54, 1.807) is 19.0 Å². The van der Waals surface area contributed by atoms with Crippen molar-refractivity contribution in [3.8, 4) is 0 Å². The van der Waals surface area contributed by atoms with Gasteiger partial charge < -0.3 is 15.5 Å². The van der Waals surface area contributed by atoms with Crippen molar-refractivity contribution >= 4 is 23.6 Å². The maximum atomic E-state index is 11.9. The first-order valence-corrected chi connectivity index (χ1v) is 10.8. The minimum atomic E-state index is 0.0329. The number of thioether (sulfide) groups is 1. The topological polar surface area (TPSA) is 60.0 Å². The van der Waals surface area contributed by atoms with Crippen molar-refractivity contribution in [2.45, 2.75) is 56.4 Å². The van der Waals surface area contributed by atoms with Gasteiger partial charge in [-0.3, -0.25) is 9.69 Å². The van der Waals surface area contributed by atoms with Gasteiger partial charge in [-0.15, -0.1) is 0 Å². The van der Waals surface area contributed by atoms with Gasteiger partial charge in [-0.1, -0.05) is 6.92 Å². The SMILES string of the molecule is CCN1CCCC1CNC(=NCC(=O)N(C)C)NC1CCC(SC)C1. The highest BCUT2D eigenvalue weighted by atomic mass is 32.2. The van der Waals surface area contributed by atoms with Crippen LogP contribution >= 0.6 is 11.8 Å². The molecule has 0 radical (unpaired) electrons. The Morgan fingerprint density at radius 2 is 2.12 bits per heavy atom. The third-order valence-electron chi connectivity index (χ3n) is 5.34. The zero-order chi connectivity index (χ0) is 18.2. The van der Waals surface area contributed by atoms with Crippen molar-refractivity contribution in [3.05, 3.63) is 0 Å². The van der Waals surface area contributed by atoms with Gasteiger partial charge in [0.2, 0.25) is 5.91 Å². The lowest BCUT2D eigenvalue weighted by Crippen LogP contribution is -2.47. The van der Waals surface area contributed by atoms with Crippen LogP contribution in [-0.4, -0.2) is 85.5 Å². The fourth-order valence-corrected chi connectivity index (χ4v) is 4.47. The zero-order valence-corrected chi connectivity index (χ0v) is 17.1. The Bertz CT molecular complexity index is 457. The number of likely N-dealkylation sites (N-methyl/N-ethyl adjacent to an activating group) is 2. The van der Waals surface area contributed by atoms with E-state index < -0.39 is 0 Å². The molecule has 0 aromatic heterocycles. The Morgan fingerprint density at radius 1 is 1.32 bits per heavy atom. The quantitative estimate of drug-likeness (QED) is 0.524. The van der Waals surface area contributed by atoms with Crippen molar-refractivity contribution in [3.63, 3.8) is 0 Å². The molecular weight excluding hydrogens is 334 g/mol. The first-order valence-electron chi connectivity index (χ1n) is 9.55. The van der Waals surface area contributed by atoms with E-state index in [2.05, 4.69) is 33.7 Å². The van der Waals surface area contributed by atoms with E-state index in [0.29, 0.717) is 12.1 Å². The van der Waals surface area contributed by atoms with Crippen LogP contribution in [0.2, 0.25) is 0 Å². The molecule has 1 aliphatic carbocycles. The van der Waals surface area contributed by atoms with Gasteiger partial charge >= 0.3 is 0 Å². The maximum Gasteiger partial charge on any atom is 0.243 e. The summed E-state index contributed by atoms with van der Waals surface area (Å²) in [5.74, 6) is 0.829. The lowest BCUT2D eigenvalue weighted by molar-refractivity contribution is -0.127. The van der Waals surface area contributed by atoms with Gasteiger partial charge in [0.15, 0.2) is 5.96 Å². The Labute approximate surface area is 157 Å². The minimum Gasteiger partial charge on any atom is -0.355 e. The average Bonchev–Trinajstić information content (AvgIpc) is 3.25. The van der Waals surface area contributed by atoms with E-state index in [9.17, 15) is 4.79 Å². The van der Waals surface area contributed by atoms with Crippen LogP contribution in [-0.2, 0) is 4.79 Å². The number of hydrogen-bond donors (Lipinski definition) is 2. The summed E-state index contributed by atoms with van der Waals surface area (Å²) in [6, 6.07) is 1.04. The van der Waals surface area contributed by atoms with Crippen molar-refractivity contribution in [2.75, 3.05) is 46.5 Å². The molecule has 1 aliphatic heterocycles. The third kappa shape index (κ3) is 6.37. The van der Waals surface area contributed by atoms with E-state index in [-0.39, 0.29) is 12.5 Å². The van der Waals surface area contributed by atoms with Crippen LogP contribution in [0.25, 0.3) is 0 Å². The summed E-state index contributed by atoms with van der Waals surface area (Å²) in [4.78, 5) is 20.6. The molecule has 2 rings (SSSR count). The molecule has 1 saturated heterocycles. The maximum absolute atomic E-state index is 11.9. The van der Waals surface area contributed by atoms with Gasteiger partial charge in [-0.05, 0) is 51.4 Å². The molecule has 3 atom stereocenters. The molecule has 7 heteroatoms. The highest BCUT2D eigenvalue weighted by molar-refractivity contribution is 7.99. The van der Waals surface area contributed by atoms with Gasteiger partial charge in [0.25, 0.3) is 0 Å². The van der Waals surface area contributed by atoms with E-state index in [0.717, 1.165) is 24.3 Å². The number of likely N-dealkylation sites (tertiary alicyclic amines) is 1. The van der Waals surface area contributed by atoms with E-state index >= 15 is 0 Å². The van der Waals surface area contributed by atoms with E-state index in [1.807, 2.05) is 11.8 Å². The summed E-state index contributed by atoms with van der Waals surface area (Å²) in [6.07, 6.45) is 8.32. The molecule has 0 aromatic rings. The lowest BCUT2D eigenvalue weighted by Gasteiger charge is -2.25. The Morgan fingerprint density at radius 3 is 2.76 bits per heavy atom. The first kappa shape index (κ1) is 20.4. The van der Waals surface area contributed by atoms with Gasteiger partial charge in [0.05, 0.1) is 0 Å². The number of guanidine groups is 1. The average molecular weight is 370 g/mol. The molecule has 1 heterocycles. The number of amides is 1. The normalized spacial score (nSPS) is 27.5. The van der Waals surface area contributed by atoms with Gasteiger partial charge in [0.1, 0.15) is 6.54 Å². The first-order chi connectivity index (χ1) is 12.0. The molecule has 6 nitrogen and oxygen atoms in total. The molecular formula is C18H35N5OS. The largest absolute Gasteiger partial charge is 0.355 e. The van der Waals surface area contributed by atoms with Crippen LogP contribution < -0.4 is 10.6 Å². The summed E-state index contributed by atoms with van der Waals surface area (Å²) in [7, 11) is 3.55. The fraction of sp³-hybridized carbons (Fsp3) is 0.889. The van der Waals surface area contributed by atoms with Crippen LogP contribution in [0.3, 0.4) is 0 Å². The van der Waals surface area contributed by atoms with Crippen molar-refractivity contribution in [1.82, 2.24) is 20.4 Å². The number of hydrogen-bond acceptors (Lipinski definition) is 4. The predicted octanol–water partition coefficient (Wildman–Crippen LogP) is 1.38. The van der Waals surface area contributed by atoms with E-state index in [4.69, 9.17) is 0 Å². The Balaban J connectivity index is 1.91. The van der Waals surface area contributed by atoms with Crippen molar-refractivity contribution in [2.24, 2.45) is 4.99 Å². The van der Waals surface area contributed by atoms with Crippen LogP contribution in [0, 0.1) is 0 Å². The second kappa shape index (κ2) is 10.3. The molecule has 3 unspecified atom stereocenters. The second-order valence-corrected chi connectivity index (χ2v) is 8.41. The predicted molar refractivity (Wildman–Crippen MR) is 107 cm³/mol. The molecule has 1 amide bonds. The van der Waals surface area contributed by atoms with Crippen LogP contribution in [0.15, 0.2) is 4.99 Å². The van der Waals surface area contributed by atoms with Crippen LogP contribution in [0.5, 0.6) is 0 Å². The zero-order valence-electron chi connectivity index (χ0n) is 16.3. The second-order valence-electron chi connectivity index (χ2n) is 7.27. The van der Waals surface area contributed by atoms with Crippen molar-refractivity contribution < 1.29 is 4.79 Å². The molecule has 144 valence electrons. The smallest absolute Gasteiger partial charge is 0.243 e. The number of nitrogens with one attached hydrogen (secondary N) is 2. The number of nitrogens with zero attached hydrogens (tertiary/aromatic N) is 3. The molecule has 25 heavy (non-hydrogen) atoms. The van der Waals surface area contributed by atoms with Crippen LogP contribution in [0.1, 0.15) is 39.0 Å². The number of carbonyl (C=O) groups is 1. The third-order valence-corrected chi connectivity index (χ3v) is 6.44. The highest BCUT2D eigenvalue weighted by Crippen LogP contribution is 2.28. The summed E-state index contributed by atoms with van der Waals surface area (Å²) in [5.41, 5.74) is 0. The summed E-state index contributed by atoms with van der Waals surface area (Å²) in [5, 5.41) is 7.81. The molecule has 0 bridgehead atoms. The van der Waals surface area contributed by atoms with Gasteiger partial charge in [-0.25, -0.2) is 4.99 Å². The minimum absolute atomic E-state index is 0.0329. The van der Waals surface area contributed by atoms with Gasteiger partial charge in [0, 0.05) is 38.0 Å². The highest BCUT2D eigenvalue weighted by Gasteiger charge is 2.26. The van der Waals surface area contributed by atoms with E-state index in [1.165, 1.54) is 38.6 Å². The molecule has 2 N–H and O–H groups in total. The molecule has 2 fully saturated rings. The summed E-state index contributed by atoms with van der Waals surface area (Å²) >= 11 is 1.95. The molecule has 2 aliphatic rings. The van der Waals surface area contributed by atoms with Gasteiger partial charge in [-0.2, -0.15) is 11.8 Å². The molecule has 0 spiro atoms. The number of rotatable bonds is 7. The lowest BCUT2D eigenvalue weighted by atomic mass is 10.2. The summed E-state index contributed by atoms with van der Waals surface area (Å²) < 4.78 is 0. The molecule has 1 saturated carbocycles. The number of carbonyl (C=O) groups excluding carboxylic acids is 1. The van der Waals surface area contributed by atoms with Crippen LogP contribution in [0.4, 0.5) is 0 Å². The fourth-order valence-electron chi connectivity index (χ4n) is 3.68. The molecule has 0 aromatic carbocycles. The standard InChI is InChI=1S/C18H35N5OS/c1-5-23-10-6-7-15(23)12-19-18(20-13-17(24)22(2)3)21-14-8-9-16(11-14)25-4/h14-16H,5-13H2,1-4H3,(H2,19,20,21). The summed E-state index contributed by atoms with van der Waals surface area (Å²) in [6.45, 7) is 5.61. The van der Waals surface area contributed by atoms with Crippen molar-refractivity contribution in [1.29, 1.82) is 0 Å². The monoisotopic (exact) mass is 369 g/mol. The Hall–Kier alpha value is -0.950.